The Hall–Kier alpha value is -1.29. The van der Waals surface area contributed by atoms with Gasteiger partial charge < -0.3 is 4.90 Å². The number of rotatable bonds is 4. The van der Waals surface area contributed by atoms with Crippen molar-refractivity contribution in [2.75, 3.05) is 13.1 Å². The number of benzene rings is 1. The Labute approximate surface area is 123 Å². The van der Waals surface area contributed by atoms with Gasteiger partial charge in [0.1, 0.15) is 0 Å². The summed E-state index contributed by atoms with van der Waals surface area (Å²) in [6.07, 6.45) is 2.83. The van der Waals surface area contributed by atoms with Gasteiger partial charge in [0, 0.05) is 37.1 Å². The quantitative estimate of drug-likeness (QED) is 0.855. The molecular weight excluding hydrogens is 270 g/mol. The Morgan fingerprint density at radius 1 is 1.35 bits per heavy atom. The molecule has 1 saturated heterocycles. The summed E-state index contributed by atoms with van der Waals surface area (Å²) in [5.41, 5.74) is 1.52. The van der Waals surface area contributed by atoms with Gasteiger partial charge in [0.15, 0.2) is 5.12 Å². The van der Waals surface area contributed by atoms with Gasteiger partial charge in [-0.1, -0.05) is 42.1 Å². The summed E-state index contributed by atoms with van der Waals surface area (Å²) in [5, 5.41) is 0.250. The van der Waals surface area contributed by atoms with Crippen molar-refractivity contribution in [2.45, 2.75) is 36.9 Å². The summed E-state index contributed by atoms with van der Waals surface area (Å²) in [5.74, 6) is 0.200. The van der Waals surface area contributed by atoms with Crippen molar-refractivity contribution in [1.29, 1.82) is 0 Å². The molecule has 1 atom stereocenters. The maximum Gasteiger partial charge on any atom is 0.223 e. The third kappa shape index (κ3) is 2.75. The van der Waals surface area contributed by atoms with Gasteiger partial charge in [0.2, 0.25) is 5.91 Å². The molecule has 0 N–H and O–H groups in total. The molecule has 1 aliphatic heterocycles. The Balaban J connectivity index is 1.67. The topological polar surface area (TPSA) is 37.4 Å². The van der Waals surface area contributed by atoms with Crippen molar-refractivity contribution >= 4 is 22.8 Å². The van der Waals surface area contributed by atoms with Crippen molar-refractivity contribution in [2.24, 2.45) is 0 Å². The van der Waals surface area contributed by atoms with Crippen LogP contribution in [0.1, 0.15) is 31.7 Å². The third-order valence-electron chi connectivity index (χ3n) is 4.24. The van der Waals surface area contributed by atoms with E-state index in [2.05, 4.69) is 24.3 Å². The number of hydrogen-bond donors (Lipinski definition) is 0. The molecule has 1 unspecified atom stereocenters. The molecule has 0 radical (unpaired) electrons. The lowest BCUT2D eigenvalue weighted by atomic mass is 9.95. The van der Waals surface area contributed by atoms with Crippen molar-refractivity contribution in [3.05, 3.63) is 35.9 Å². The van der Waals surface area contributed by atoms with E-state index in [4.69, 9.17) is 0 Å². The number of nitrogens with zero attached hydrogens (tertiary/aromatic N) is 1. The average Bonchev–Trinajstić information content (AvgIpc) is 3.11. The SMILES string of the molecule is CC(=O)SC1CC(=O)N(CC2(c3ccccc3)CC2)C1. The van der Waals surface area contributed by atoms with Gasteiger partial charge in [-0.2, -0.15) is 0 Å². The van der Waals surface area contributed by atoms with Gasteiger partial charge in [0.25, 0.3) is 0 Å². The highest BCUT2D eigenvalue weighted by Gasteiger charge is 2.47. The van der Waals surface area contributed by atoms with Crippen molar-refractivity contribution in [3.8, 4) is 0 Å². The highest BCUT2D eigenvalue weighted by atomic mass is 32.2. The Bertz CT molecular complexity index is 525. The predicted molar refractivity (Wildman–Crippen MR) is 80.6 cm³/mol. The standard InChI is InChI=1S/C16H19NO2S/c1-12(18)20-14-9-15(19)17(10-14)11-16(7-8-16)13-5-3-2-4-6-13/h2-6,14H,7-11H2,1H3. The maximum absolute atomic E-state index is 12.1. The number of hydrogen-bond acceptors (Lipinski definition) is 3. The molecule has 1 heterocycles. The van der Waals surface area contributed by atoms with Crippen molar-refractivity contribution < 1.29 is 9.59 Å². The molecule has 106 valence electrons. The smallest absolute Gasteiger partial charge is 0.223 e. The van der Waals surface area contributed by atoms with Crippen LogP contribution in [0.25, 0.3) is 0 Å². The van der Waals surface area contributed by atoms with Crippen LogP contribution in [0.15, 0.2) is 30.3 Å². The molecule has 2 aliphatic rings. The van der Waals surface area contributed by atoms with Crippen LogP contribution in [0.4, 0.5) is 0 Å². The van der Waals surface area contributed by atoms with E-state index in [1.165, 1.54) is 17.3 Å². The molecule has 0 bridgehead atoms. The van der Waals surface area contributed by atoms with Crippen LogP contribution in [-0.2, 0) is 15.0 Å². The molecule has 20 heavy (non-hydrogen) atoms. The van der Waals surface area contributed by atoms with E-state index in [1.807, 2.05) is 11.0 Å². The van der Waals surface area contributed by atoms with Crippen LogP contribution in [0.3, 0.4) is 0 Å². The van der Waals surface area contributed by atoms with Gasteiger partial charge in [0.05, 0.1) is 0 Å². The van der Waals surface area contributed by atoms with E-state index in [-0.39, 0.29) is 21.7 Å². The summed E-state index contributed by atoms with van der Waals surface area (Å²) in [6.45, 7) is 3.10. The number of carbonyl (C=O) groups is 2. The fourth-order valence-electron chi connectivity index (χ4n) is 3.05. The molecule has 1 amide bonds. The van der Waals surface area contributed by atoms with E-state index in [0.717, 1.165) is 25.9 Å². The van der Waals surface area contributed by atoms with E-state index in [1.54, 1.807) is 6.92 Å². The number of likely N-dealkylation sites (tertiary alicyclic amines) is 1. The minimum atomic E-state index is 0.105. The van der Waals surface area contributed by atoms with Gasteiger partial charge in [-0.15, -0.1) is 0 Å². The average molecular weight is 289 g/mol. The second kappa shape index (κ2) is 5.24. The van der Waals surface area contributed by atoms with Crippen LogP contribution in [-0.4, -0.2) is 34.3 Å². The summed E-state index contributed by atoms with van der Waals surface area (Å²) < 4.78 is 0. The Morgan fingerprint density at radius 2 is 2.05 bits per heavy atom. The van der Waals surface area contributed by atoms with E-state index in [0.29, 0.717) is 6.42 Å². The monoisotopic (exact) mass is 289 g/mol. The number of amides is 1. The van der Waals surface area contributed by atoms with Gasteiger partial charge in [-0.25, -0.2) is 0 Å². The highest BCUT2D eigenvalue weighted by molar-refractivity contribution is 8.14. The molecule has 1 aromatic rings. The first-order valence-corrected chi connectivity index (χ1v) is 7.98. The number of carbonyl (C=O) groups excluding carboxylic acids is 2. The third-order valence-corrected chi connectivity index (χ3v) is 5.23. The second-order valence-electron chi connectivity index (χ2n) is 5.86. The molecule has 0 aromatic heterocycles. The van der Waals surface area contributed by atoms with Crippen LogP contribution < -0.4 is 0 Å². The largest absolute Gasteiger partial charge is 0.341 e. The maximum atomic E-state index is 12.1. The summed E-state index contributed by atoms with van der Waals surface area (Å²) in [7, 11) is 0. The highest BCUT2D eigenvalue weighted by Crippen LogP contribution is 2.49. The lowest BCUT2D eigenvalue weighted by Crippen LogP contribution is -2.34. The molecule has 1 aliphatic carbocycles. The van der Waals surface area contributed by atoms with E-state index >= 15 is 0 Å². The molecule has 1 saturated carbocycles. The zero-order valence-electron chi connectivity index (χ0n) is 11.7. The van der Waals surface area contributed by atoms with Crippen LogP contribution in [0.5, 0.6) is 0 Å². The Morgan fingerprint density at radius 3 is 2.65 bits per heavy atom. The lowest BCUT2D eigenvalue weighted by molar-refractivity contribution is -0.128. The van der Waals surface area contributed by atoms with Crippen LogP contribution in [0, 0.1) is 0 Å². The summed E-state index contributed by atoms with van der Waals surface area (Å²) >= 11 is 1.31. The molecule has 2 fully saturated rings. The zero-order valence-corrected chi connectivity index (χ0v) is 12.5. The number of thioether (sulfide) groups is 1. The first kappa shape index (κ1) is 13.7. The molecular formula is C16H19NO2S. The Kier molecular flexibility index (Phi) is 3.59. The normalized spacial score (nSPS) is 23.9. The molecule has 4 heteroatoms. The molecule has 3 rings (SSSR count). The summed E-state index contributed by atoms with van der Waals surface area (Å²) in [4.78, 5) is 25.2. The minimum Gasteiger partial charge on any atom is -0.341 e. The van der Waals surface area contributed by atoms with E-state index in [9.17, 15) is 9.59 Å². The van der Waals surface area contributed by atoms with Gasteiger partial charge in [-0.3, -0.25) is 9.59 Å². The predicted octanol–water partition coefficient (Wildman–Crippen LogP) is 2.60. The first-order chi connectivity index (χ1) is 9.59. The summed E-state index contributed by atoms with van der Waals surface area (Å²) in [6, 6.07) is 10.5. The molecule has 1 aromatic carbocycles. The molecule has 3 nitrogen and oxygen atoms in total. The second-order valence-corrected chi connectivity index (χ2v) is 7.33. The lowest BCUT2D eigenvalue weighted by Gasteiger charge is -2.24. The van der Waals surface area contributed by atoms with Crippen LogP contribution in [0.2, 0.25) is 0 Å². The van der Waals surface area contributed by atoms with Crippen molar-refractivity contribution in [1.82, 2.24) is 4.90 Å². The minimum absolute atomic E-state index is 0.105. The van der Waals surface area contributed by atoms with Gasteiger partial charge in [-0.05, 0) is 18.4 Å². The fraction of sp³-hybridized carbons (Fsp3) is 0.500. The van der Waals surface area contributed by atoms with E-state index < -0.39 is 0 Å². The molecule has 0 spiro atoms. The zero-order chi connectivity index (χ0) is 14.2. The first-order valence-electron chi connectivity index (χ1n) is 7.10. The fourth-order valence-corrected chi connectivity index (χ4v) is 4.00. The van der Waals surface area contributed by atoms with Crippen LogP contribution >= 0.6 is 11.8 Å². The van der Waals surface area contributed by atoms with Gasteiger partial charge >= 0.3 is 0 Å². The van der Waals surface area contributed by atoms with Crippen molar-refractivity contribution in [3.63, 3.8) is 0 Å².